The number of hydrogen-bond acceptors (Lipinski definition) is 3. The Kier molecular flexibility index (Phi) is 9.72. The highest BCUT2D eigenvalue weighted by molar-refractivity contribution is 7.90. The fourth-order valence-corrected chi connectivity index (χ4v) is 11.0. The molecule has 3 rings (SSSR count). The Morgan fingerprint density at radius 1 is 0.886 bits per heavy atom. The Hall–Kier alpha value is -1.11. The van der Waals surface area contributed by atoms with Crippen LogP contribution >= 0.6 is 0 Å². The van der Waals surface area contributed by atoms with Gasteiger partial charge < -0.3 is 8.98 Å². The highest BCUT2D eigenvalue weighted by atomic mass is 32.2. The second-order valence-corrected chi connectivity index (χ2v) is 18.7. The third-order valence-electron chi connectivity index (χ3n) is 7.43. The van der Waals surface area contributed by atoms with Crippen LogP contribution in [-0.2, 0) is 15.8 Å². The van der Waals surface area contributed by atoms with Crippen molar-refractivity contribution in [3.63, 3.8) is 0 Å². The summed E-state index contributed by atoms with van der Waals surface area (Å²) < 4.78 is 22.9. The van der Waals surface area contributed by atoms with Gasteiger partial charge in [-0.3, -0.25) is 0 Å². The maximum absolute atomic E-state index is 12.4. The monoisotopic (exact) mass is 513 g/mol. The first-order valence-electron chi connectivity index (χ1n) is 13.4. The largest absolute Gasteiger partial charge is 0.598 e. The van der Waals surface area contributed by atoms with E-state index in [0.717, 1.165) is 25.2 Å². The van der Waals surface area contributed by atoms with E-state index in [-0.39, 0.29) is 15.8 Å². The van der Waals surface area contributed by atoms with Gasteiger partial charge >= 0.3 is 0 Å². The molecule has 2 aromatic carbocycles. The average molecular weight is 514 g/mol. The summed E-state index contributed by atoms with van der Waals surface area (Å²) in [5.41, 5.74) is 0. The maximum Gasteiger partial charge on any atom is 0.261 e. The zero-order valence-corrected chi connectivity index (χ0v) is 24.8. The lowest BCUT2D eigenvalue weighted by Crippen LogP contribution is -2.67. The quantitative estimate of drug-likeness (QED) is 0.314. The second kappa shape index (κ2) is 12.0. The summed E-state index contributed by atoms with van der Waals surface area (Å²) in [6.07, 6.45) is 7.28. The predicted molar refractivity (Wildman–Crippen MR) is 154 cm³/mol. The Balaban J connectivity index is 1.67. The molecule has 1 unspecified atom stereocenters. The molecule has 0 bridgehead atoms. The molecule has 1 aliphatic rings. The molecule has 1 fully saturated rings. The molecule has 0 amide bonds. The minimum Gasteiger partial charge on any atom is -0.598 e. The van der Waals surface area contributed by atoms with E-state index >= 15 is 0 Å². The molecule has 2 atom stereocenters. The van der Waals surface area contributed by atoms with Gasteiger partial charge in [0.25, 0.3) is 8.32 Å². The van der Waals surface area contributed by atoms with Crippen LogP contribution in [-0.4, -0.2) is 29.8 Å². The van der Waals surface area contributed by atoms with Gasteiger partial charge in [-0.2, -0.15) is 0 Å². The zero-order valence-electron chi connectivity index (χ0n) is 23.0. The maximum atomic E-state index is 12.4. The van der Waals surface area contributed by atoms with Crippen LogP contribution in [0.1, 0.15) is 87.0 Å². The molecular formula is C30H47NO2SSi. The Labute approximate surface area is 218 Å². The van der Waals surface area contributed by atoms with Crippen LogP contribution in [0.15, 0.2) is 60.7 Å². The lowest BCUT2D eigenvalue weighted by atomic mass is 9.84. The molecule has 0 saturated heterocycles. The number of benzene rings is 2. The van der Waals surface area contributed by atoms with Crippen molar-refractivity contribution in [2.75, 3.05) is 0 Å². The number of rotatable bonds is 9. The van der Waals surface area contributed by atoms with Gasteiger partial charge in [0.1, 0.15) is 4.75 Å². The van der Waals surface area contributed by atoms with Crippen molar-refractivity contribution in [2.45, 2.75) is 109 Å². The summed E-state index contributed by atoms with van der Waals surface area (Å²) in [4.78, 5) is 0. The van der Waals surface area contributed by atoms with Gasteiger partial charge in [-0.1, -0.05) is 81.4 Å². The van der Waals surface area contributed by atoms with Crippen molar-refractivity contribution in [3.05, 3.63) is 60.7 Å². The first kappa shape index (κ1) is 28.5. The molecule has 1 aliphatic carbocycles. The summed E-state index contributed by atoms with van der Waals surface area (Å²) in [5, 5.41) is 2.76. The van der Waals surface area contributed by atoms with E-state index < -0.39 is 19.7 Å². The Bertz CT molecular complexity index is 847. The van der Waals surface area contributed by atoms with Crippen molar-refractivity contribution in [3.8, 4) is 0 Å². The van der Waals surface area contributed by atoms with Gasteiger partial charge in [-0.25, -0.2) is 0 Å². The standard InChI is InChI=1S/C30H47NO2SSi/c1-24(31-34(32)29(2,3)4)18-19-25-20-22-26(23-21-25)33-35(30(5,6)7,27-14-10-8-11-15-27)28-16-12-9-13-17-28/h8-17,24-26,31H,18-23H2,1-7H3/t24-,25?,26?,34?/m0/s1. The van der Waals surface area contributed by atoms with Crippen molar-refractivity contribution in [1.29, 1.82) is 0 Å². The highest BCUT2D eigenvalue weighted by Gasteiger charge is 2.51. The third kappa shape index (κ3) is 7.23. The van der Waals surface area contributed by atoms with Gasteiger partial charge in [-0.15, -0.1) is 4.72 Å². The third-order valence-corrected chi connectivity index (χ3v) is 14.2. The SMILES string of the molecule is C[C@@H](CCC1CCC(O[Si](c2ccccc2)(c2ccccc2)C(C)(C)C)CC1)N[S+]([O-])C(C)(C)C. The molecule has 0 spiro atoms. The Morgan fingerprint density at radius 2 is 1.37 bits per heavy atom. The van der Waals surface area contributed by atoms with E-state index in [1.807, 2.05) is 20.8 Å². The lowest BCUT2D eigenvalue weighted by Gasteiger charge is -2.46. The fraction of sp³-hybridized carbons (Fsp3) is 0.600. The Morgan fingerprint density at radius 3 is 1.80 bits per heavy atom. The second-order valence-electron chi connectivity index (χ2n) is 12.4. The van der Waals surface area contributed by atoms with E-state index in [2.05, 4.69) is 93.1 Å². The minimum atomic E-state index is -2.48. The van der Waals surface area contributed by atoms with Crippen LogP contribution in [0.4, 0.5) is 0 Å². The number of nitrogens with one attached hydrogen (secondary N) is 1. The minimum absolute atomic E-state index is 0.0242. The van der Waals surface area contributed by atoms with Crippen molar-refractivity contribution < 1.29 is 8.98 Å². The van der Waals surface area contributed by atoms with Gasteiger partial charge in [0, 0.05) is 23.5 Å². The molecular weight excluding hydrogens is 466 g/mol. The zero-order chi connectivity index (χ0) is 25.7. The number of hydrogen-bond donors (Lipinski definition) is 1. The molecule has 1 N–H and O–H groups in total. The molecule has 0 heterocycles. The van der Waals surface area contributed by atoms with Crippen molar-refractivity contribution >= 4 is 30.1 Å². The van der Waals surface area contributed by atoms with Crippen LogP contribution in [0.25, 0.3) is 0 Å². The van der Waals surface area contributed by atoms with Crippen LogP contribution < -0.4 is 15.1 Å². The van der Waals surface area contributed by atoms with Crippen LogP contribution in [0.2, 0.25) is 5.04 Å². The first-order valence-corrected chi connectivity index (χ1v) is 16.5. The van der Waals surface area contributed by atoms with E-state index in [1.54, 1.807) is 0 Å². The van der Waals surface area contributed by atoms with E-state index in [1.165, 1.54) is 29.6 Å². The summed E-state index contributed by atoms with van der Waals surface area (Å²) in [7, 11) is -2.48. The normalized spacial score (nSPS) is 21.5. The van der Waals surface area contributed by atoms with Gasteiger partial charge in [0.15, 0.2) is 0 Å². The molecule has 2 aromatic rings. The molecule has 194 valence electrons. The molecule has 35 heavy (non-hydrogen) atoms. The lowest BCUT2D eigenvalue weighted by molar-refractivity contribution is 0.117. The predicted octanol–water partition coefficient (Wildman–Crippen LogP) is 6.34. The van der Waals surface area contributed by atoms with Gasteiger partial charge in [0.2, 0.25) is 0 Å². The highest BCUT2D eigenvalue weighted by Crippen LogP contribution is 2.40. The molecule has 5 heteroatoms. The van der Waals surface area contributed by atoms with Crippen LogP contribution in [0.3, 0.4) is 0 Å². The summed E-state index contributed by atoms with van der Waals surface area (Å²) in [5.74, 6) is 0.737. The van der Waals surface area contributed by atoms with Crippen LogP contribution in [0, 0.1) is 5.92 Å². The molecule has 0 aromatic heterocycles. The van der Waals surface area contributed by atoms with Crippen LogP contribution in [0.5, 0.6) is 0 Å². The van der Waals surface area contributed by atoms with Crippen molar-refractivity contribution in [1.82, 2.24) is 4.72 Å². The topological polar surface area (TPSA) is 44.3 Å². The molecule has 3 nitrogen and oxygen atoms in total. The molecule has 0 aliphatic heterocycles. The van der Waals surface area contributed by atoms with Crippen molar-refractivity contribution in [2.24, 2.45) is 5.92 Å². The summed E-state index contributed by atoms with van der Waals surface area (Å²) in [6, 6.07) is 22.3. The smallest absolute Gasteiger partial charge is 0.261 e. The average Bonchev–Trinajstić information content (AvgIpc) is 2.81. The van der Waals surface area contributed by atoms with E-state index in [0.29, 0.717) is 6.10 Å². The fourth-order valence-electron chi connectivity index (χ4n) is 5.38. The molecule has 0 radical (unpaired) electrons. The van der Waals surface area contributed by atoms with E-state index in [4.69, 9.17) is 4.43 Å². The molecule has 1 saturated carbocycles. The summed E-state index contributed by atoms with van der Waals surface area (Å²) >= 11 is -1.00. The van der Waals surface area contributed by atoms with Gasteiger partial charge in [-0.05, 0) is 87.5 Å². The van der Waals surface area contributed by atoms with E-state index in [9.17, 15) is 4.55 Å². The first-order chi connectivity index (χ1) is 16.4. The van der Waals surface area contributed by atoms with Gasteiger partial charge in [0.05, 0.1) is 0 Å². The summed E-state index contributed by atoms with van der Waals surface area (Å²) in [6.45, 7) is 15.3.